The van der Waals surface area contributed by atoms with Crippen LogP contribution in [-0.2, 0) is 0 Å². The number of benzene rings is 1. The van der Waals surface area contributed by atoms with Crippen LogP contribution >= 0.6 is 0 Å². The predicted molar refractivity (Wildman–Crippen MR) is 158 cm³/mol. The lowest BCUT2D eigenvalue weighted by Crippen LogP contribution is -2.55. The molecule has 4 aliphatic carbocycles. The Balaban J connectivity index is 1.59. The zero-order chi connectivity index (χ0) is 27.6. The van der Waals surface area contributed by atoms with E-state index in [0.29, 0.717) is 35.6 Å². The SMILES string of the molecule is CC(C)N(C)c1ccc([C@H]2C[C@@]3(C)[C@@H](C[C@@H](C)[C@@]3(O)C#CC(C)(C)C)[C@@H]3CCC4=CC(O)CC[C@@H]4[C@H]32)cc1. The maximum absolute atomic E-state index is 12.5. The van der Waals surface area contributed by atoms with E-state index < -0.39 is 5.60 Å². The van der Waals surface area contributed by atoms with Crippen molar-refractivity contribution < 1.29 is 10.2 Å². The summed E-state index contributed by atoms with van der Waals surface area (Å²) in [6.07, 6.45) is 8.18. The maximum atomic E-state index is 12.5. The Labute approximate surface area is 232 Å². The fourth-order valence-electron chi connectivity index (χ4n) is 8.92. The Hall–Kier alpha value is -1.76. The van der Waals surface area contributed by atoms with E-state index in [9.17, 15) is 10.2 Å². The minimum Gasteiger partial charge on any atom is -0.389 e. The van der Waals surface area contributed by atoms with Crippen LogP contribution in [0.25, 0.3) is 0 Å². The van der Waals surface area contributed by atoms with Gasteiger partial charge in [0.2, 0.25) is 0 Å². The number of nitrogens with zero attached hydrogens (tertiary/aromatic N) is 1. The number of fused-ring (bicyclic) bond motifs is 5. The van der Waals surface area contributed by atoms with Crippen LogP contribution < -0.4 is 4.90 Å². The second-order valence-electron chi connectivity index (χ2n) is 14.8. The summed E-state index contributed by atoms with van der Waals surface area (Å²) in [6.45, 7) is 15.5. The Kier molecular flexibility index (Phi) is 7.10. The lowest BCUT2D eigenvalue weighted by atomic mass is 9.46. The average molecular weight is 518 g/mol. The molecule has 3 heteroatoms. The van der Waals surface area contributed by atoms with Crippen LogP contribution in [-0.4, -0.2) is 35.0 Å². The first-order valence-electron chi connectivity index (χ1n) is 15.2. The van der Waals surface area contributed by atoms with Crippen molar-refractivity contribution in [2.24, 2.45) is 40.4 Å². The monoisotopic (exact) mass is 517 g/mol. The molecule has 0 heterocycles. The summed E-state index contributed by atoms with van der Waals surface area (Å²) in [5.74, 6) is 9.71. The van der Waals surface area contributed by atoms with Crippen LogP contribution in [0, 0.1) is 52.3 Å². The molecule has 4 aliphatic rings. The average Bonchev–Trinajstić information content (AvgIpc) is 3.06. The van der Waals surface area contributed by atoms with Crippen molar-refractivity contribution in [2.45, 2.75) is 111 Å². The van der Waals surface area contributed by atoms with Gasteiger partial charge in [0, 0.05) is 29.6 Å². The molecule has 1 aromatic carbocycles. The molecular weight excluding hydrogens is 466 g/mol. The van der Waals surface area contributed by atoms with E-state index in [0.717, 1.165) is 32.1 Å². The van der Waals surface area contributed by atoms with Crippen LogP contribution in [0.2, 0.25) is 0 Å². The quantitative estimate of drug-likeness (QED) is 0.330. The Morgan fingerprint density at radius 1 is 1.05 bits per heavy atom. The van der Waals surface area contributed by atoms with Gasteiger partial charge in [0.1, 0.15) is 5.60 Å². The van der Waals surface area contributed by atoms with Crippen molar-refractivity contribution in [3.8, 4) is 11.8 Å². The molecule has 3 nitrogen and oxygen atoms in total. The van der Waals surface area contributed by atoms with Crippen LogP contribution in [0.5, 0.6) is 0 Å². The predicted octanol–water partition coefficient (Wildman–Crippen LogP) is 7.18. The fraction of sp³-hybridized carbons (Fsp3) is 0.714. The second-order valence-corrected chi connectivity index (χ2v) is 14.8. The molecular formula is C35H51NO2. The highest BCUT2D eigenvalue weighted by Gasteiger charge is 2.67. The third-order valence-corrected chi connectivity index (χ3v) is 11.1. The van der Waals surface area contributed by atoms with Gasteiger partial charge in [-0.3, -0.25) is 0 Å². The molecule has 38 heavy (non-hydrogen) atoms. The number of aliphatic hydroxyl groups excluding tert-OH is 1. The van der Waals surface area contributed by atoms with Gasteiger partial charge in [-0.25, -0.2) is 0 Å². The smallest absolute Gasteiger partial charge is 0.133 e. The van der Waals surface area contributed by atoms with E-state index in [1.54, 1.807) is 0 Å². The summed E-state index contributed by atoms with van der Waals surface area (Å²) >= 11 is 0. The van der Waals surface area contributed by atoms with Gasteiger partial charge in [0.05, 0.1) is 6.10 Å². The van der Waals surface area contributed by atoms with Crippen molar-refractivity contribution in [3.63, 3.8) is 0 Å². The van der Waals surface area contributed by atoms with Gasteiger partial charge in [-0.05, 0) is 126 Å². The summed E-state index contributed by atoms with van der Waals surface area (Å²) in [6, 6.07) is 9.79. The van der Waals surface area contributed by atoms with E-state index >= 15 is 0 Å². The summed E-state index contributed by atoms with van der Waals surface area (Å²) in [7, 11) is 2.17. The Morgan fingerprint density at radius 3 is 2.37 bits per heavy atom. The van der Waals surface area contributed by atoms with E-state index in [1.165, 1.54) is 23.2 Å². The summed E-state index contributed by atoms with van der Waals surface area (Å²) in [5.41, 5.74) is 2.84. The summed E-state index contributed by atoms with van der Waals surface area (Å²) in [4.78, 5) is 2.33. The summed E-state index contributed by atoms with van der Waals surface area (Å²) < 4.78 is 0. The van der Waals surface area contributed by atoms with Gasteiger partial charge in [0.25, 0.3) is 0 Å². The van der Waals surface area contributed by atoms with Gasteiger partial charge < -0.3 is 15.1 Å². The number of hydrogen-bond donors (Lipinski definition) is 2. The van der Waals surface area contributed by atoms with E-state index in [1.807, 2.05) is 0 Å². The third kappa shape index (κ3) is 4.54. The van der Waals surface area contributed by atoms with Crippen molar-refractivity contribution >= 4 is 5.69 Å². The third-order valence-electron chi connectivity index (χ3n) is 11.1. The molecule has 1 unspecified atom stereocenters. The first-order chi connectivity index (χ1) is 17.7. The van der Waals surface area contributed by atoms with Crippen LogP contribution in [0.3, 0.4) is 0 Å². The fourth-order valence-corrected chi connectivity index (χ4v) is 8.92. The lowest BCUT2D eigenvalue weighted by Gasteiger charge is -2.58. The van der Waals surface area contributed by atoms with Crippen LogP contribution in [0.1, 0.15) is 98.5 Å². The molecule has 2 N–H and O–H groups in total. The maximum Gasteiger partial charge on any atom is 0.133 e. The summed E-state index contributed by atoms with van der Waals surface area (Å²) in [5, 5.41) is 22.9. The number of hydrogen-bond acceptors (Lipinski definition) is 3. The minimum absolute atomic E-state index is 0.133. The number of rotatable bonds is 3. The first kappa shape index (κ1) is 27.8. The molecule has 0 aliphatic heterocycles. The molecule has 3 saturated carbocycles. The van der Waals surface area contributed by atoms with E-state index in [-0.39, 0.29) is 22.9 Å². The van der Waals surface area contributed by atoms with Gasteiger partial charge in [-0.1, -0.05) is 49.5 Å². The molecule has 0 radical (unpaired) electrons. The molecule has 0 aromatic heterocycles. The highest BCUT2D eigenvalue weighted by molar-refractivity contribution is 5.48. The lowest BCUT2D eigenvalue weighted by molar-refractivity contribution is -0.105. The molecule has 0 bridgehead atoms. The van der Waals surface area contributed by atoms with E-state index in [2.05, 4.69) is 103 Å². The highest BCUT2D eigenvalue weighted by Crippen LogP contribution is 2.69. The zero-order valence-corrected chi connectivity index (χ0v) is 25.1. The van der Waals surface area contributed by atoms with Crippen LogP contribution in [0.15, 0.2) is 35.9 Å². The molecule has 5 rings (SSSR count). The van der Waals surface area contributed by atoms with Crippen molar-refractivity contribution in [2.75, 3.05) is 11.9 Å². The number of anilines is 1. The minimum atomic E-state index is -0.967. The normalized spacial score (nSPS) is 40.4. The molecule has 0 saturated heterocycles. The molecule has 0 amide bonds. The van der Waals surface area contributed by atoms with Gasteiger partial charge in [0.15, 0.2) is 0 Å². The topological polar surface area (TPSA) is 43.7 Å². The molecule has 3 fully saturated rings. The van der Waals surface area contributed by atoms with Gasteiger partial charge >= 0.3 is 0 Å². The van der Waals surface area contributed by atoms with E-state index in [4.69, 9.17) is 0 Å². The first-order valence-corrected chi connectivity index (χ1v) is 15.2. The van der Waals surface area contributed by atoms with Gasteiger partial charge in [-0.15, -0.1) is 0 Å². The molecule has 9 atom stereocenters. The van der Waals surface area contributed by atoms with Crippen molar-refractivity contribution in [3.05, 3.63) is 41.5 Å². The largest absolute Gasteiger partial charge is 0.389 e. The highest BCUT2D eigenvalue weighted by atomic mass is 16.3. The number of aliphatic hydroxyl groups is 2. The number of allylic oxidation sites excluding steroid dienone is 1. The van der Waals surface area contributed by atoms with Gasteiger partial charge in [-0.2, -0.15) is 0 Å². The molecule has 0 spiro atoms. The Bertz CT molecular complexity index is 1120. The second kappa shape index (κ2) is 9.71. The zero-order valence-electron chi connectivity index (χ0n) is 25.1. The standard InChI is InChI=1S/C35H51NO2/c1-22(2)36(8)26-12-9-24(10-13-26)30-21-34(7)31(19-23(3)35(34,38)18-17-33(4,5)6)29-15-11-25-20-27(37)14-16-28(25)32(29)30/h9-10,12-13,20,22-23,27-32,37-38H,11,14-16,19,21H2,1-8H3/t23-,27?,28+,29+,30-,31+,32-,34+,35+/m1/s1. The van der Waals surface area contributed by atoms with Crippen molar-refractivity contribution in [1.82, 2.24) is 0 Å². The Morgan fingerprint density at radius 2 is 1.74 bits per heavy atom. The molecule has 1 aromatic rings. The van der Waals surface area contributed by atoms with Crippen LogP contribution in [0.4, 0.5) is 5.69 Å². The van der Waals surface area contributed by atoms with Crippen molar-refractivity contribution in [1.29, 1.82) is 0 Å². The molecule has 208 valence electrons.